The number of anilines is 1. The summed E-state index contributed by atoms with van der Waals surface area (Å²) in [5.41, 5.74) is 0.764. The van der Waals surface area contributed by atoms with Crippen LogP contribution >= 0.6 is 11.6 Å². The van der Waals surface area contributed by atoms with Crippen LogP contribution in [0.2, 0.25) is 5.02 Å². The second-order valence-electron chi connectivity index (χ2n) is 6.22. The van der Waals surface area contributed by atoms with Gasteiger partial charge in [-0.05, 0) is 44.5 Å². The SMILES string of the molecule is CO[C@@H]1C[C@H](C)N(C(=O)[C@@H](C)Nc2nnc(-c3ccc(Cl)cc3)o2)C1. The number of carbonyl (C=O) groups is 1. The zero-order chi connectivity index (χ0) is 18.0. The Kier molecular flexibility index (Phi) is 5.24. The van der Waals surface area contributed by atoms with Crippen molar-refractivity contribution in [1.82, 2.24) is 15.1 Å². The smallest absolute Gasteiger partial charge is 0.316 e. The molecule has 1 N–H and O–H groups in total. The summed E-state index contributed by atoms with van der Waals surface area (Å²) in [5, 5.41) is 11.6. The van der Waals surface area contributed by atoms with E-state index in [9.17, 15) is 4.79 Å². The lowest BCUT2D eigenvalue weighted by Crippen LogP contribution is -2.43. The maximum absolute atomic E-state index is 12.6. The number of amides is 1. The molecule has 25 heavy (non-hydrogen) atoms. The first-order chi connectivity index (χ1) is 12.0. The van der Waals surface area contributed by atoms with Crippen molar-refractivity contribution in [3.63, 3.8) is 0 Å². The number of nitrogens with one attached hydrogen (secondary N) is 1. The van der Waals surface area contributed by atoms with Gasteiger partial charge in [0.05, 0.1) is 6.10 Å². The van der Waals surface area contributed by atoms with Gasteiger partial charge in [0, 0.05) is 30.3 Å². The number of ether oxygens (including phenoxy) is 1. The minimum atomic E-state index is -0.475. The summed E-state index contributed by atoms with van der Waals surface area (Å²) in [6, 6.07) is 6.98. The first kappa shape index (κ1) is 17.7. The summed E-state index contributed by atoms with van der Waals surface area (Å²) < 4.78 is 10.9. The number of hydrogen-bond donors (Lipinski definition) is 1. The average molecular weight is 365 g/mol. The molecule has 0 aliphatic carbocycles. The summed E-state index contributed by atoms with van der Waals surface area (Å²) in [6.45, 7) is 4.40. The van der Waals surface area contributed by atoms with Crippen LogP contribution in [-0.2, 0) is 9.53 Å². The van der Waals surface area contributed by atoms with E-state index in [4.69, 9.17) is 20.8 Å². The summed E-state index contributed by atoms with van der Waals surface area (Å²) in [4.78, 5) is 14.5. The molecular formula is C17H21ClN4O3. The number of halogens is 1. The zero-order valence-corrected chi connectivity index (χ0v) is 15.2. The van der Waals surface area contributed by atoms with Crippen LogP contribution in [0.5, 0.6) is 0 Å². The molecule has 1 aromatic carbocycles. The van der Waals surface area contributed by atoms with Crippen LogP contribution in [0, 0.1) is 0 Å². The van der Waals surface area contributed by atoms with E-state index in [0.29, 0.717) is 17.5 Å². The lowest BCUT2D eigenvalue weighted by Gasteiger charge is -2.24. The predicted octanol–water partition coefficient (Wildman–Crippen LogP) is 2.83. The van der Waals surface area contributed by atoms with E-state index in [1.54, 1.807) is 38.3 Å². The Morgan fingerprint density at radius 1 is 1.40 bits per heavy atom. The molecular weight excluding hydrogens is 344 g/mol. The van der Waals surface area contributed by atoms with Crippen molar-refractivity contribution in [2.75, 3.05) is 19.0 Å². The monoisotopic (exact) mass is 364 g/mol. The van der Waals surface area contributed by atoms with Crippen molar-refractivity contribution in [3.05, 3.63) is 29.3 Å². The Morgan fingerprint density at radius 2 is 2.12 bits per heavy atom. The molecule has 8 heteroatoms. The molecule has 2 aromatic rings. The van der Waals surface area contributed by atoms with Crippen LogP contribution < -0.4 is 5.32 Å². The molecule has 1 aromatic heterocycles. The molecule has 0 spiro atoms. The molecule has 0 bridgehead atoms. The Hall–Kier alpha value is -2.12. The fourth-order valence-corrected chi connectivity index (χ4v) is 3.07. The van der Waals surface area contributed by atoms with Crippen molar-refractivity contribution in [2.45, 2.75) is 38.5 Å². The van der Waals surface area contributed by atoms with Gasteiger partial charge in [-0.2, -0.15) is 0 Å². The molecule has 1 amide bonds. The standard InChI is InChI=1S/C17H21ClN4O3/c1-10-8-14(24-3)9-22(10)16(23)11(2)19-17-21-20-15(25-17)12-4-6-13(18)7-5-12/h4-7,10-11,14H,8-9H2,1-3H3,(H,19,21)/t10-,11+,14+/m0/s1. The Balaban J connectivity index is 1.64. The zero-order valence-electron chi connectivity index (χ0n) is 14.4. The Bertz CT molecular complexity index is 734. The number of likely N-dealkylation sites (tertiary alicyclic amines) is 1. The molecule has 134 valence electrons. The van der Waals surface area contributed by atoms with Crippen molar-refractivity contribution in [2.24, 2.45) is 0 Å². The molecule has 1 aliphatic rings. The number of rotatable bonds is 5. The molecule has 0 unspecified atom stereocenters. The van der Waals surface area contributed by atoms with Gasteiger partial charge in [0.15, 0.2) is 0 Å². The maximum Gasteiger partial charge on any atom is 0.316 e. The summed E-state index contributed by atoms with van der Waals surface area (Å²) in [5.74, 6) is 0.353. The summed E-state index contributed by atoms with van der Waals surface area (Å²) in [7, 11) is 1.67. The molecule has 1 saturated heterocycles. The third-order valence-electron chi connectivity index (χ3n) is 4.38. The van der Waals surface area contributed by atoms with E-state index in [1.165, 1.54) is 0 Å². The topological polar surface area (TPSA) is 80.5 Å². The molecule has 2 heterocycles. The third-order valence-corrected chi connectivity index (χ3v) is 4.63. The Labute approximate surface area is 151 Å². The van der Waals surface area contributed by atoms with E-state index in [2.05, 4.69) is 15.5 Å². The summed E-state index contributed by atoms with van der Waals surface area (Å²) in [6.07, 6.45) is 0.932. The fourth-order valence-electron chi connectivity index (χ4n) is 2.95. The molecule has 3 rings (SSSR count). The number of nitrogens with zero attached hydrogens (tertiary/aromatic N) is 3. The fraction of sp³-hybridized carbons (Fsp3) is 0.471. The number of hydrogen-bond acceptors (Lipinski definition) is 6. The maximum atomic E-state index is 12.6. The molecule has 3 atom stereocenters. The van der Waals surface area contributed by atoms with Crippen LogP contribution in [0.4, 0.5) is 6.01 Å². The average Bonchev–Trinajstić information content (AvgIpc) is 3.21. The third kappa shape index (κ3) is 3.93. The summed E-state index contributed by atoms with van der Waals surface area (Å²) >= 11 is 5.87. The molecule has 1 aliphatic heterocycles. The van der Waals surface area contributed by atoms with E-state index in [-0.39, 0.29) is 24.1 Å². The number of benzene rings is 1. The Morgan fingerprint density at radius 3 is 2.76 bits per heavy atom. The number of carbonyl (C=O) groups excluding carboxylic acids is 1. The van der Waals surface area contributed by atoms with Crippen LogP contribution in [0.3, 0.4) is 0 Å². The second-order valence-corrected chi connectivity index (χ2v) is 6.65. The molecule has 0 saturated carbocycles. The quantitative estimate of drug-likeness (QED) is 0.878. The lowest BCUT2D eigenvalue weighted by atomic mass is 10.2. The van der Waals surface area contributed by atoms with E-state index < -0.39 is 6.04 Å². The van der Waals surface area contributed by atoms with Gasteiger partial charge in [-0.25, -0.2) is 0 Å². The van der Waals surface area contributed by atoms with Gasteiger partial charge in [0.1, 0.15) is 6.04 Å². The minimum absolute atomic E-state index is 0.0155. The first-order valence-electron chi connectivity index (χ1n) is 8.17. The van der Waals surface area contributed by atoms with Gasteiger partial charge in [-0.3, -0.25) is 4.79 Å². The van der Waals surface area contributed by atoms with Gasteiger partial charge in [-0.1, -0.05) is 16.7 Å². The highest BCUT2D eigenvalue weighted by molar-refractivity contribution is 6.30. The van der Waals surface area contributed by atoms with Crippen molar-refractivity contribution in [1.29, 1.82) is 0 Å². The second kappa shape index (κ2) is 7.41. The van der Waals surface area contributed by atoms with Gasteiger partial charge in [-0.15, -0.1) is 5.10 Å². The van der Waals surface area contributed by atoms with Gasteiger partial charge in [0.25, 0.3) is 0 Å². The highest BCUT2D eigenvalue weighted by Crippen LogP contribution is 2.23. The molecule has 7 nitrogen and oxygen atoms in total. The van der Waals surface area contributed by atoms with Gasteiger partial charge in [0.2, 0.25) is 11.8 Å². The highest BCUT2D eigenvalue weighted by atomic mass is 35.5. The molecule has 1 fully saturated rings. The van der Waals surface area contributed by atoms with Gasteiger partial charge < -0.3 is 19.4 Å². The largest absolute Gasteiger partial charge is 0.403 e. The van der Waals surface area contributed by atoms with E-state index in [1.807, 2.05) is 11.8 Å². The number of methoxy groups -OCH3 is 1. The normalized spacial score (nSPS) is 21.4. The predicted molar refractivity (Wildman–Crippen MR) is 94.4 cm³/mol. The molecule has 0 radical (unpaired) electrons. The van der Waals surface area contributed by atoms with Crippen LogP contribution in [-0.4, -0.2) is 52.8 Å². The van der Waals surface area contributed by atoms with Crippen molar-refractivity contribution < 1.29 is 13.9 Å². The van der Waals surface area contributed by atoms with Crippen molar-refractivity contribution in [3.8, 4) is 11.5 Å². The lowest BCUT2D eigenvalue weighted by molar-refractivity contribution is -0.132. The van der Waals surface area contributed by atoms with Crippen LogP contribution in [0.15, 0.2) is 28.7 Å². The van der Waals surface area contributed by atoms with Crippen LogP contribution in [0.1, 0.15) is 20.3 Å². The number of aromatic nitrogens is 2. The van der Waals surface area contributed by atoms with E-state index >= 15 is 0 Å². The first-order valence-corrected chi connectivity index (χ1v) is 8.55. The van der Waals surface area contributed by atoms with Crippen molar-refractivity contribution >= 4 is 23.5 Å². The van der Waals surface area contributed by atoms with Gasteiger partial charge >= 0.3 is 6.01 Å². The van der Waals surface area contributed by atoms with E-state index in [0.717, 1.165) is 12.0 Å². The minimum Gasteiger partial charge on any atom is -0.403 e. The highest BCUT2D eigenvalue weighted by Gasteiger charge is 2.34. The van der Waals surface area contributed by atoms with Crippen LogP contribution in [0.25, 0.3) is 11.5 Å².